The first kappa shape index (κ1) is 9.02. The van der Waals surface area contributed by atoms with Gasteiger partial charge >= 0.3 is 0 Å². The molecule has 0 aromatic carbocycles. The Morgan fingerprint density at radius 2 is 2.31 bits per heavy atom. The average Bonchev–Trinajstić information content (AvgIpc) is 2.46. The van der Waals surface area contributed by atoms with Gasteiger partial charge in [0, 0.05) is 12.5 Å². The monoisotopic (exact) mass is 199 g/mol. The van der Waals surface area contributed by atoms with Gasteiger partial charge in [-0.2, -0.15) is 0 Å². The normalized spacial score (nSPS) is 22.0. The minimum atomic E-state index is -0.708. The van der Waals surface area contributed by atoms with Crippen LogP contribution < -0.4 is 0 Å². The molecule has 0 saturated heterocycles. The van der Waals surface area contributed by atoms with Crippen LogP contribution in [0, 0.1) is 0 Å². The van der Waals surface area contributed by atoms with Crippen LogP contribution in [-0.2, 0) is 23.3 Å². The van der Waals surface area contributed by atoms with Gasteiger partial charge in [0.25, 0.3) is 0 Å². The van der Waals surface area contributed by atoms with E-state index in [0.717, 1.165) is 23.6 Å². The highest BCUT2D eigenvalue weighted by molar-refractivity contribution is 7.90. The predicted octanol–water partition coefficient (Wildman–Crippen LogP) is 0.664. The van der Waals surface area contributed by atoms with Gasteiger partial charge in [0.15, 0.2) is 0 Å². The highest BCUT2D eigenvalue weighted by Gasteiger charge is 2.25. The van der Waals surface area contributed by atoms with Crippen LogP contribution in [-0.4, -0.2) is 25.3 Å². The Kier molecular flexibility index (Phi) is 2.29. The molecule has 0 radical (unpaired) electrons. The van der Waals surface area contributed by atoms with E-state index in [-0.39, 0.29) is 0 Å². The summed E-state index contributed by atoms with van der Waals surface area (Å²) in [4.78, 5) is 0. The van der Waals surface area contributed by atoms with Crippen molar-refractivity contribution in [2.24, 2.45) is 0 Å². The minimum absolute atomic E-state index is 0.311. The topological polar surface area (TPSA) is 53.8 Å². The molecule has 0 saturated carbocycles. The number of hydrogen-bond donors (Lipinski definition) is 0. The van der Waals surface area contributed by atoms with Gasteiger partial charge in [-0.05, 0) is 25.0 Å². The summed E-state index contributed by atoms with van der Waals surface area (Å²) in [5.74, 6) is 1.37. The zero-order chi connectivity index (χ0) is 9.42. The Balaban J connectivity index is 2.35. The van der Waals surface area contributed by atoms with Crippen molar-refractivity contribution in [1.82, 2.24) is 15.0 Å². The van der Waals surface area contributed by atoms with Crippen LogP contribution in [0.3, 0.4) is 0 Å². The largest absolute Gasteiger partial charge is 0.616 e. The third-order valence-corrected chi connectivity index (χ3v) is 3.48. The van der Waals surface area contributed by atoms with E-state index >= 15 is 0 Å². The van der Waals surface area contributed by atoms with Gasteiger partial charge in [-0.3, -0.25) is 0 Å². The van der Waals surface area contributed by atoms with Crippen LogP contribution in [0.5, 0.6) is 0 Å². The SMILES string of the molecule is CC(C)n1nnc2c1C[S+]([O-])CC2. The number of aromatic nitrogens is 3. The van der Waals surface area contributed by atoms with Gasteiger partial charge in [0.05, 0.1) is 5.69 Å². The summed E-state index contributed by atoms with van der Waals surface area (Å²) in [5.41, 5.74) is 2.10. The lowest BCUT2D eigenvalue weighted by Gasteiger charge is -2.17. The van der Waals surface area contributed by atoms with Crippen LogP contribution in [0.15, 0.2) is 0 Å². The van der Waals surface area contributed by atoms with E-state index in [0.29, 0.717) is 11.8 Å². The number of aryl methyl sites for hydroxylation is 1. The standard InChI is InChI=1S/C8H13N3OS/c1-6(2)11-8-5-13(12)4-3-7(8)9-10-11/h6H,3-5H2,1-2H3. The Morgan fingerprint density at radius 1 is 1.54 bits per heavy atom. The molecule has 1 aliphatic rings. The highest BCUT2D eigenvalue weighted by Crippen LogP contribution is 2.20. The Morgan fingerprint density at radius 3 is 3.00 bits per heavy atom. The van der Waals surface area contributed by atoms with Crippen molar-refractivity contribution in [3.63, 3.8) is 0 Å². The molecule has 1 unspecified atom stereocenters. The first-order chi connectivity index (χ1) is 6.18. The second-order valence-corrected chi connectivity index (χ2v) is 5.14. The summed E-state index contributed by atoms with van der Waals surface area (Å²) in [7, 11) is 0. The second-order valence-electron chi connectivity index (χ2n) is 3.56. The lowest BCUT2D eigenvalue weighted by Crippen LogP contribution is -2.21. The molecule has 0 N–H and O–H groups in total. The van der Waals surface area contributed by atoms with Gasteiger partial charge in [-0.25, -0.2) is 4.68 Å². The Labute approximate surface area is 80.5 Å². The van der Waals surface area contributed by atoms with E-state index in [1.807, 2.05) is 4.68 Å². The Bertz CT molecular complexity index is 310. The second kappa shape index (κ2) is 3.31. The van der Waals surface area contributed by atoms with Gasteiger partial charge in [-0.1, -0.05) is 5.21 Å². The molecule has 0 bridgehead atoms. The number of fused-ring (bicyclic) bond motifs is 1. The highest BCUT2D eigenvalue weighted by atomic mass is 32.2. The molecule has 72 valence electrons. The molecule has 0 fully saturated rings. The molecule has 2 heterocycles. The van der Waals surface area contributed by atoms with Crippen molar-refractivity contribution in [3.8, 4) is 0 Å². The first-order valence-corrected chi connectivity index (χ1v) is 5.95. The van der Waals surface area contributed by atoms with Crippen LogP contribution in [0.25, 0.3) is 0 Å². The maximum Gasteiger partial charge on any atom is 0.149 e. The van der Waals surface area contributed by atoms with E-state index < -0.39 is 11.2 Å². The summed E-state index contributed by atoms with van der Waals surface area (Å²) in [6, 6.07) is 0.311. The van der Waals surface area contributed by atoms with Gasteiger partial charge in [0.2, 0.25) is 0 Å². The third-order valence-electron chi connectivity index (χ3n) is 2.22. The van der Waals surface area contributed by atoms with E-state index in [4.69, 9.17) is 0 Å². The van der Waals surface area contributed by atoms with E-state index in [1.165, 1.54) is 0 Å². The van der Waals surface area contributed by atoms with Crippen molar-refractivity contribution in [1.29, 1.82) is 0 Å². The fourth-order valence-corrected chi connectivity index (χ4v) is 2.71. The minimum Gasteiger partial charge on any atom is -0.616 e. The Hall–Kier alpha value is -0.550. The fourth-order valence-electron chi connectivity index (χ4n) is 1.54. The molecule has 0 spiro atoms. The third kappa shape index (κ3) is 1.58. The number of rotatable bonds is 1. The molecular formula is C8H13N3OS. The van der Waals surface area contributed by atoms with Crippen molar-refractivity contribution in [2.75, 3.05) is 5.75 Å². The zero-order valence-corrected chi connectivity index (χ0v) is 8.67. The smallest absolute Gasteiger partial charge is 0.149 e. The summed E-state index contributed by atoms with van der Waals surface area (Å²) >= 11 is -0.708. The average molecular weight is 199 g/mol. The molecular weight excluding hydrogens is 186 g/mol. The quantitative estimate of drug-likeness (QED) is 0.624. The van der Waals surface area contributed by atoms with Gasteiger partial charge in [0.1, 0.15) is 17.2 Å². The van der Waals surface area contributed by atoms with Crippen LogP contribution in [0.1, 0.15) is 31.3 Å². The molecule has 4 nitrogen and oxygen atoms in total. The summed E-state index contributed by atoms with van der Waals surface area (Å²) in [5, 5.41) is 8.15. The maximum absolute atomic E-state index is 11.3. The van der Waals surface area contributed by atoms with Crippen molar-refractivity contribution < 1.29 is 4.55 Å². The van der Waals surface area contributed by atoms with E-state index in [1.54, 1.807) is 0 Å². The molecule has 1 aromatic rings. The van der Waals surface area contributed by atoms with E-state index in [9.17, 15) is 4.55 Å². The van der Waals surface area contributed by atoms with Crippen molar-refractivity contribution >= 4 is 11.2 Å². The van der Waals surface area contributed by atoms with Crippen molar-refractivity contribution in [2.45, 2.75) is 32.1 Å². The summed E-state index contributed by atoms with van der Waals surface area (Å²) in [6.07, 6.45) is 0.814. The van der Waals surface area contributed by atoms with Crippen molar-refractivity contribution in [3.05, 3.63) is 11.4 Å². The summed E-state index contributed by atoms with van der Waals surface area (Å²) < 4.78 is 13.2. The maximum atomic E-state index is 11.3. The molecule has 13 heavy (non-hydrogen) atoms. The molecule has 2 rings (SSSR count). The molecule has 5 heteroatoms. The molecule has 0 amide bonds. The van der Waals surface area contributed by atoms with Crippen LogP contribution >= 0.6 is 0 Å². The lowest BCUT2D eigenvalue weighted by molar-refractivity contribution is 0.498. The molecule has 0 aliphatic carbocycles. The first-order valence-electron chi connectivity index (χ1n) is 4.46. The van der Waals surface area contributed by atoms with Crippen LogP contribution in [0.2, 0.25) is 0 Å². The summed E-state index contributed by atoms with van der Waals surface area (Å²) in [6.45, 7) is 4.12. The predicted molar refractivity (Wildman–Crippen MR) is 50.8 cm³/mol. The molecule has 1 aromatic heterocycles. The zero-order valence-electron chi connectivity index (χ0n) is 7.86. The van der Waals surface area contributed by atoms with Gasteiger partial charge in [-0.15, -0.1) is 5.10 Å². The van der Waals surface area contributed by atoms with Crippen LogP contribution in [0.4, 0.5) is 0 Å². The number of nitrogens with zero attached hydrogens (tertiary/aromatic N) is 3. The number of hydrogen-bond acceptors (Lipinski definition) is 3. The van der Waals surface area contributed by atoms with Gasteiger partial charge < -0.3 is 4.55 Å². The molecule has 1 aliphatic heterocycles. The van der Waals surface area contributed by atoms with E-state index in [2.05, 4.69) is 24.2 Å². The lowest BCUT2D eigenvalue weighted by atomic mass is 10.2. The fraction of sp³-hybridized carbons (Fsp3) is 0.750. The molecule has 1 atom stereocenters.